The average Bonchev–Trinajstić information content (AvgIpc) is 3.33. The lowest BCUT2D eigenvalue weighted by atomic mass is 10.1. The Hall–Kier alpha value is -3.75. The standard InChI is InChI=1S/C18H15N7O2/c1-27-12-2-3-14-13(8-12)11(9-19-14)4-6-24-7-5-15-16(17(24)26)22-23-18-20-10-21-25(15)18/h2-3,5,7-10,19H,4,6H2,1H3. The van der Waals surface area contributed by atoms with Crippen LogP contribution >= 0.6 is 0 Å². The largest absolute Gasteiger partial charge is 0.497 e. The predicted octanol–water partition coefficient (Wildman–Crippen LogP) is 1.57. The van der Waals surface area contributed by atoms with Gasteiger partial charge in [-0.1, -0.05) is 0 Å². The first kappa shape index (κ1) is 15.5. The molecule has 1 aromatic carbocycles. The number of hydrogen-bond donors (Lipinski definition) is 1. The van der Waals surface area contributed by atoms with Crippen molar-refractivity contribution in [2.45, 2.75) is 13.0 Å². The van der Waals surface area contributed by atoms with Crippen LogP contribution in [0.2, 0.25) is 0 Å². The summed E-state index contributed by atoms with van der Waals surface area (Å²) in [5.74, 6) is 1.17. The first-order chi connectivity index (χ1) is 13.2. The second-order valence-corrected chi connectivity index (χ2v) is 6.20. The van der Waals surface area contributed by atoms with Gasteiger partial charge in [0, 0.05) is 29.8 Å². The van der Waals surface area contributed by atoms with E-state index in [1.807, 2.05) is 30.5 Å². The lowest BCUT2D eigenvalue weighted by molar-refractivity contribution is 0.415. The first-order valence-electron chi connectivity index (χ1n) is 8.44. The van der Waals surface area contributed by atoms with E-state index in [0.29, 0.717) is 24.3 Å². The van der Waals surface area contributed by atoms with E-state index in [0.717, 1.165) is 22.2 Å². The molecule has 0 radical (unpaired) electrons. The maximum atomic E-state index is 12.8. The number of aromatic nitrogens is 7. The molecule has 27 heavy (non-hydrogen) atoms. The summed E-state index contributed by atoms with van der Waals surface area (Å²) in [6.45, 7) is 0.524. The highest BCUT2D eigenvalue weighted by atomic mass is 16.5. The van der Waals surface area contributed by atoms with Crippen molar-refractivity contribution in [1.29, 1.82) is 0 Å². The molecule has 0 aliphatic carbocycles. The molecule has 9 heteroatoms. The Bertz CT molecular complexity index is 1350. The Balaban J connectivity index is 1.51. The van der Waals surface area contributed by atoms with Gasteiger partial charge in [0.25, 0.3) is 11.3 Å². The molecule has 9 nitrogen and oxygen atoms in total. The number of aryl methyl sites for hydroxylation is 2. The van der Waals surface area contributed by atoms with E-state index in [1.165, 1.54) is 10.8 Å². The van der Waals surface area contributed by atoms with Gasteiger partial charge in [-0.15, -0.1) is 10.2 Å². The number of pyridine rings is 1. The number of aromatic amines is 1. The van der Waals surface area contributed by atoms with Gasteiger partial charge in [0.1, 0.15) is 17.6 Å². The van der Waals surface area contributed by atoms with E-state index >= 15 is 0 Å². The van der Waals surface area contributed by atoms with Crippen LogP contribution in [-0.2, 0) is 13.0 Å². The molecule has 0 spiro atoms. The maximum Gasteiger partial charge on any atom is 0.280 e. The van der Waals surface area contributed by atoms with Crippen LogP contribution < -0.4 is 10.3 Å². The quantitative estimate of drug-likeness (QED) is 0.521. The molecule has 0 aliphatic rings. The second kappa shape index (κ2) is 5.90. The zero-order valence-corrected chi connectivity index (χ0v) is 14.5. The molecule has 0 bridgehead atoms. The molecule has 0 fully saturated rings. The van der Waals surface area contributed by atoms with Crippen molar-refractivity contribution < 1.29 is 4.74 Å². The molecule has 5 rings (SSSR count). The van der Waals surface area contributed by atoms with E-state index in [2.05, 4.69) is 25.3 Å². The van der Waals surface area contributed by atoms with Gasteiger partial charge in [-0.05, 0) is 36.2 Å². The lowest BCUT2D eigenvalue weighted by Gasteiger charge is -2.07. The minimum Gasteiger partial charge on any atom is -0.497 e. The molecule has 0 atom stereocenters. The van der Waals surface area contributed by atoms with Crippen molar-refractivity contribution in [1.82, 2.24) is 34.3 Å². The number of nitrogens with one attached hydrogen (secondary N) is 1. The van der Waals surface area contributed by atoms with Crippen molar-refractivity contribution in [2.24, 2.45) is 0 Å². The van der Waals surface area contributed by atoms with E-state index in [9.17, 15) is 4.79 Å². The van der Waals surface area contributed by atoms with E-state index < -0.39 is 0 Å². The van der Waals surface area contributed by atoms with Crippen LogP contribution in [0.25, 0.3) is 27.7 Å². The van der Waals surface area contributed by atoms with E-state index in [-0.39, 0.29) is 11.1 Å². The highest BCUT2D eigenvalue weighted by Gasteiger charge is 2.11. The van der Waals surface area contributed by atoms with Crippen molar-refractivity contribution in [2.75, 3.05) is 7.11 Å². The summed E-state index contributed by atoms with van der Waals surface area (Å²) in [5, 5.41) is 13.2. The fourth-order valence-corrected chi connectivity index (χ4v) is 3.29. The topological polar surface area (TPSA) is 103 Å². The van der Waals surface area contributed by atoms with Crippen LogP contribution in [0.4, 0.5) is 0 Å². The van der Waals surface area contributed by atoms with Crippen LogP contribution in [-0.4, -0.2) is 41.5 Å². The molecule has 0 amide bonds. The summed E-state index contributed by atoms with van der Waals surface area (Å²) in [7, 11) is 1.65. The molecular formula is C18H15N7O2. The third-order valence-corrected chi connectivity index (χ3v) is 4.71. The normalized spacial score (nSPS) is 11.6. The third-order valence-electron chi connectivity index (χ3n) is 4.71. The van der Waals surface area contributed by atoms with Gasteiger partial charge in [0.05, 0.1) is 7.11 Å². The number of benzene rings is 1. The smallest absolute Gasteiger partial charge is 0.280 e. The number of ether oxygens (including phenoxy) is 1. The van der Waals surface area contributed by atoms with E-state index in [1.54, 1.807) is 17.9 Å². The monoisotopic (exact) mass is 361 g/mol. The zero-order chi connectivity index (χ0) is 18.4. The lowest BCUT2D eigenvalue weighted by Crippen LogP contribution is -2.22. The first-order valence-corrected chi connectivity index (χ1v) is 8.44. The van der Waals surface area contributed by atoms with Crippen LogP contribution in [0.15, 0.2) is 47.8 Å². The van der Waals surface area contributed by atoms with Gasteiger partial charge in [-0.2, -0.15) is 14.6 Å². The summed E-state index contributed by atoms with van der Waals surface area (Å²) in [5.41, 5.74) is 2.83. The molecule has 4 aromatic heterocycles. The predicted molar refractivity (Wildman–Crippen MR) is 98.9 cm³/mol. The molecule has 4 heterocycles. The summed E-state index contributed by atoms with van der Waals surface area (Å²) in [6, 6.07) is 7.71. The Morgan fingerprint density at radius 3 is 3.04 bits per heavy atom. The van der Waals surface area contributed by atoms with Gasteiger partial charge in [-0.3, -0.25) is 4.79 Å². The average molecular weight is 361 g/mol. The van der Waals surface area contributed by atoms with Gasteiger partial charge in [0.15, 0.2) is 5.52 Å². The van der Waals surface area contributed by atoms with Gasteiger partial charge < -0.3 is 14.3 Å². The van der Waals surface area contributed by atoms with Crippen molar-refractivity contribution in [3.8, 4) is 5.75 Å². The second-order valence-electron chi connectivity index (χ2n) is 6.20. The molecular weight excluding hydrogens is 346 g/mol. The van der Waals surface area contributed by atoms with Gasteiger partial charge in [0.2, 0.25) is 0 Å². The summed E-state index contributed by atoms with van der Waals surface area (Å²) in [6.07, 6.45) is 5.80. The number of methoxy groups -OCH3 is 1. The zero-order valence-electron chi connectivity index (χ0n) is 14.5. The van der Waals surface area contributed by atoms with E-state index in [4.69, 9.17) is 4.74 Å². The summed E-state index contributed by atoms with van der Waals surface area (Å²) >= 11 is 0. The number of fused-ring (bicyclic) bond motifs is 4. The highest BCUT2D eigenvalue weighted by Crippen LogP contribution is 2.24. The van der Waals surface area contributed by atoms with Crippen molar-refractivity contribution in [3.05, 3.63) is 58.9 Å². The molecule has 0 saturated carbocycles. The summed E-state index contributed by atoms with van der Waals surface area (Å²) in [4.78, 5) is 20.0. The van der Waals surface area contributed by atoms with Crippen LogP contribution in [0, 0.1) is 0 Å². The van der Waals surface area contributed by atoms with Crippen molar-refractivity contribution >= 4 is 27.7 Å². The maximum absolute atomic E-state index is 12.8. The van der Waals surface area contributed by atoms with Crippen LogP contribution in [0.3, 0.4) is 0 Å². The Morgan fingerprint density at radius 2 is 2.15 bits per heavy atom. The van der Waals surface area contributed by atoms with Gasteiger partial charge >= 0.3 is 0 Å². The number of H-pyrrole nitrogens is 1. The minimum absolute atomic E-state index is 0.199. The SMILES string of the molecule is COc1ccc2[nH]cc(CCn3ccc4c(nnc5ncnn54)c3=O)c2c1. The fraction of sp³-hybridized carbons (Fsp3) is 0.167. The Labute approximate surface area is 152 Å². The molecule has 0 aliphatic heterocycles. The molecule has 5 aromatic rings. The minimum atomic E-state index is -0.199. The molecule has 0 saturated heterocycles. The molecule has 134 valence electrons. The number of hydrogen-bond acceptors (Lipinski definition) is 6. The Kier molecular flexibility index (Phi) is 3.39. The fourth-order valence-electron chi connectivity index (χ4n) is 3.29. The molecule has 0 unspecified atom stereocenters. The number of rotatable bonds is 4. The van der Waals surface area contributed by atoms with Crippen LogP contribution in [0.1, 0.15) is 5.56 Å². The molecule has 1 N–H and O–H groups in total. The van der Waals surface area contributed by atoms with Crippen LogP contribution in [0.5, 0.6) is 5.75 Å². The highest BCUT2D eigenvalue weighted by molar-refractivity contribution is 5.84. The third kappa shape index (κ3) is 2.43. The van der Waals surface area contributed by atoms with Crippen molar-refractivity contribution in [3.63, 3.8) is 0 Å². The summed E-state index contributed by atoms with van der Waals surface area (Å²) < 4.78 is 8.46. The van der Waals surface area contributed by atoms with Gasteiger partial charge in [-0.25, -0.2) is 0 Å². The number of nitrogens with zero attached hydrogens (tertiary/aromatic N) is 6. The Morgan fingerprint density at radius 1 is 1.22 bits per heavy atom.